The summed E-state index contributed by atoms with van der Waals surface area (Å²) in [6.45, 7) is 0. The SMILES string of the molecule is C#CC(=O)N(c1cccc(C(F)(F)F)c1)C(C(=O)CCc1ccccc1)c1cccs1. The number of carbonyl (C=O) groups excluding carboxylic acids is 2. The molecule has 0 fully saturated rings. The molecule has 2 aromatic carbocycles. The average Bonchev–Trinajstić information content (AvgIpc) is 3.29. The largest absolute Gasteiger partial charge is 0.416 e. The highest BCUT2D eigenvalue weighted by Gasteiger charge is 2.35. The first-order valence-corrected chi connectivity index (χ1v) is 10.3. The van der Waals surface area contributed by atoms with Gasteiger partial charge in [-0.25, -0.2) is 0 Å². The van der Waals surface area contributed by atoms with E-state index in [0.717, 1.165) is 22.6 Å². The van der Waals surface area contributed by atoms with Crippen molar-refractivity contribution in [3.8, 4) is 12.3 Å². The molecule has 3 rings (SSSR count). The molecule has 1 unspecified atom stereocenters. The van der Waals surface area contributed by atoms with Crippen LogP contribution in [0.2, 0.25) is 0 Å². The first kappa shape index (κ1) is 22.3. The highest BCUT2D eigenvalue weighted by molar-refractivity contribution is 7.10. The van der Waals surface area contributed by atoms with E-state index in [1.165, 1.54) is 23.5 Å². The molecule has 3 nitrogen and oxygen atoms in total. The Balaban J connectivity index is 2.01. The zero-order valence-corrected chi connectivity index (χ0v) is 17.1. The van der Waals surface area contributed by atoms with Gasteiger partial charge in [-0.1, -0.05) is 42.5 Å². The number of hydrogen-bond donors (Lipinski definition) is 0. The molecular formula is C24H18F3NO2S. The quantitative estimate of drug-likeness (QED) is 0.443. The summed E-state index contributed by atoms with van der Waals surface area (Å²) in [6.07, 6.45) is 1.25. The lowest BCUT2D eigenvalue weighted by atomic mass is 10.00. The van der Waals surface area contributed by atoms with Crippen molar-refractivity contribution >= 4 is 28.7 Å². The third-order valence-corrected chi connectivity index (χ3v) is 5.60. The number of alkyl halides is 3. The van der Waals surface area contributed by atoms with Crippen LogP contribution in [0.15, 0.2) is 72.1 Å². The number of terminal acetylenes is 1. The number of carbonyl (C=O) groups is 2. The van der Waals surface area contributed by atoms with Crippen LogP contribution in [-0.4, -0.2) is 11.7 Å². The Morgan fingerprint density at radius 3 is 2.39 bits per heavy atom. The minimum absolute atomic E-state index is 0.0794. The van der Waals surface area contributed by atoms with Gasteiger partial charge in [-0.15, -0.1) is 17.8 Å². The number of anilines is 1. The van der Waals surface area contributed by atoms with Crippen molar-refractivity contribution in [2.45, 2.75) is 25.1 Å². The predicted octanol–water partition coefficient (Wildman–Crippen LogP) is 5.68. The Labute approximate surface area is 182 Å². The van der Waals surface area contributed by atoms with Gasteiger partial charge in [0.2, 0.25) is 0 Å². The molecule has 0 spiro atoms. The monoisotopic (exact) mass is 441 g/mol. The molecule has 7 heteroatoms. The van der Waals surface area contributed by atoms with Crippen LogP contribution in [0.3, 0.4) is 0 Å². The Morgan fingerprint density at radius 2 is 1.77 bits per heavy atom. The van der Waals surface area contributed by atoms with E-state index >= 15 is 0 Å². The Bertz CT molecular complexity index is 1090. The van der Waals surface area contributed by atoms with Crippen LogP contribution < -0.4 is 4.90 Å². The highest BCUT2D eigenvalue weighted by atomic mass is 32.1. The van der Waals surface area contributed by atoms with Crippen LogP contribution in [0.4, 0.5) is 18.9 Å². The molecule has 31 heavy (non-hydrogen) atoms. The minimum Gasteiger partial charge on any atom is -0.297 e. The maximum atomic E-state index is 13.3. The summed E-state index contributed by atoms with van der Waals surface area (Å²) in [7, 11) is 0. The number of amides is 1. The van der Waals surface area contributed by atoms with Crippen LogP contribution >= 0.6 is 11.3 Å². The third kappa shape index (κ3) is 5.41. The first-order valence-electron chi connectivity index (χ1n) is 9.38. The van der Waals surface area contributed by atoms with Crippen LogP contribution in [0.1, 0.15) is 28.5 Å². The van der Waals surface area contributed by atoms with E-state index in [-0.39, 0.29) is 17.9 Å². The van der Waals surface area contributed by atoms with Gasteiger partial charge in [0, 0.05) is 17.0 Å². The van der Waals surface area contributed by atoms with E-state index < -0.39 is 23.7 Å². The maximum Gasteiger partial charge on any atom is 0.416 e. The number of nitrogens with zero attached hydrogens (tertiary/aromatic N) is 1. The number of ketones is 1. The van der Waals surface area contributed by atoms with E-state index in [4.69, 9.17) is 6.42 Å². The molecule has 1 amide bonds. The van der Waals surface area contributed by atoms with Crippen LogP contribution in [0.5, 0.6) is 0 Å². The number of hydrogen-bond acceptors (Lipinski definition) is 3. The smallest absolute Gasteiger partial charge is 0.297 e. The van der Waals surface area contributed by atoms with Gasteiger partial charge in [0.25, 0.3) is 0 Å². The summed E-state index contributed by atoms with van der Waals surface area (Å²) < 4.78 is 39.7. The second-order valence-electron chi connectivity index (χ2n) is 6.74. The zero-order chi connectivity index (χ0) is 22.4. The molecule has 0 saturated heterocycles. The summed E-state index contributed by atoms with van der Waals surface area (Å²) >= 11 is 1.24. The molecule has 0 aliphatic carbocycles. The van der Waals surface area contributed by atoms with Gasteiger partial charge in [0.1, 0.15) is 6.04 Å². The van der Waals surface area contributed by atoms with Crippen molar-refractivity contribution in [2.24, 2.45) is 0 Å². The lowest BCUT2D eigenvalue weighted by molar-refractivity contribution is -0.137. The highest BCUT2D eigenvalue weighted by Crippen LogP contribution is 2.36. The summed E-state index contributed by atoms with van der Waals surface area (Å²) in [5, 5.41) is 1.73. The van der Waals surface area contributed by atoms with Gasteiger partial charge in [-0.2, -0.15) is 13.2 Å². The molecule has 3 aromatic rings. The number of thiophene rings is 1. The second kappa shape index (κ2) is 9.63. The number of Topliss-reactive ketones (excluding diaryl/α,β-unsaturated/α-hetero) is 1. The number of benzene rings is 2. The lowest BCUT2D eigenvalue weighted by Gasteiger charge is -2.29. The van der Waals surface area contributed by atoms with Crippen molar-refractivity contribution in [2.75, 3.05) is 4.90 Å². The molecular weight excluding hydrogens is 423 g/mol. The van der Waals surface area contributed by atoms with Gasteiger partial charge in [-0.3, -0.25) is 14.5 Å². The van der Waals surface area contributed by atoms with Gasteiger partial charge >= 0.3 is 12.1 Å². The standard InChI is InChI=1S/C24H18F3NO2S/c1-2-22(30)28(19-11-6-10-18(16-19)24(25,26)27)23(21-12-7-15-31-21)20(29)14-13-17-8-4-3-5-9-17/h1,3-12,15-16,23H,13-14H2. The van der Waals surface area contributed by atoms with Crippen LogP contribution in [-0.2, 0) is 22.2 Å². The Kier molecular flexibility index (Phi) is 6.93. The number of aryl methyl sites for hydroxylation is 1. The van der Waals surface area contributed by atoms with E-state index in [0.29, 0.717) is 11.3 Å². The third-order valence-electron chi connectivity index (χ3n) is 4.67. The molecule has 0 saturated carbocycles. The average molecular weight is 441 g/mol. The van der Waals surface area contributed by atoms with E-state index in [9.17, 15) is 22.8 Å². The zero-order valence-electron chi connectivity index (χ0n) is 16.3. The van der Waals surface area contributed by atoms with Gasteiger partial charge in [0.15, 0.2) is 5.78 Å². The van der Waals surface area contributed by atoms with Crippen molar-refractivity contribution in [1.82, 2.24) is 0 Å². The molecule has 1 atom stereocenters. The fourth-order valence-corrected chi connectivity index (χ4v) is 4.05. The molecule has 158 valence electrons. The van der Waals surface area contributed by atoms with Gasteiger partial charge in [-0.05, 0) is 47.6 Å². The van der Waals surface area contributed by atoms with E-state index in [1.54, 1.807) is 17.5 Å². The molecule has 0 bridgehead atoms. The predicted molar refractivity (Wildman–Crippen MR) is 115 cm³/mol. The molecule has 1 heterocycles. The molecule has 0 N–H and O–H groups in total. The summed E-state index contributed by atoms with van der Waals surface area (Å²) in [5.41, 5.74) is -0.0691. The normalized spacial score (nSPS) is 12.1. The second-order valence-corrected chi connectivity index (χ2v) is 7.72. The molecule has 1 aromatic heterocycles. The van der Waals surface area contributed by atoms with Crippen molar-refractivity contribution < 1.29 is 22.8 Å². The van der Waals surface area contributed by atoms with Crippen LogP contribution in [0, 0.1) is 12.3 Å². The minimum atomic E-state index is -4.60. The molecule has 0 aliphatic heterocycles. The topological polar surface area (TPSA) is 37.4 Å². The van der Waals surface area contributed by atoms with Crippen molar-refractivity contribution in [3.63, 3.8) is 0 Å². The van der Waals surface area contributed by atoms with E-state index in [1.807, 2.05) is 36.3 Å². The number of halogens is 3. The molecule has 0 aliphatic rings. The summed E-state index contributed by atoms with van der Waals surface area (Å²) in [6, 6.07) is 15.9. The summed E-state index contributed by atoms with van der Waals surface area (Å²) in [5.74, 6) is 0.755. The first-order chi connectivity index (χ1) is 14.8. The Morgan fingerprint density at radius 1 is 1.03 bits per heavy atom. The van der Waals surface area contributed by atoms with Gasteiger partial charge < -0.3 is 0 Å². The van der Waals surface area contributed by atoms with Crippen molar-refractivity contribution in [3.05, 3.63) is 88.1 Å². The lowest BCUT2D eigenvalue weighted by Crippen LogP contribution is -2.38. The summed E-state index contributed by atoms with van der Waals surface area (Å²) in [4.78, 5) is 27.4. The number of rotatable bonds is 7. The molecule has 0 radical (unpaired) electrons. The van der Waals surface area contributed by atoms with Crippen molar-refractivity contribution in [1.29, 1.82) is 0 Å². The van der Waals surface area contributed by atoms with Crippen LogP contribution in [0.25, 0.3) is 0 Å². The maximum absolute atomic E-state index is 13.3. The van der Waals surface area contributed by atoms with E-state index in [2.05, 4.69) is 0 Å². The van der Waals surface area contributed by atoms with Gasteiger partial charge in [0.05, 0.1) is 5.56 Å². The Hall–Kier alpha value is -3.37. The fraction of sp³-hybridized carbons (Fsp3) is 0.167. The fourth-order valence-electron chi connectivity index (χ4n) is 3.21.